The van der Waals surface area contributed by atoms with Crippen LogP contribution in [-0.2, 0) is 24.8 Å². The summed E-state index contributed by atoms with van der Waals surface area (Å²) in [6, 6.07) is 25.3. The van der Waals surface area contributed by atoms with E-state index in [9.17, 15) is 21.6 Å². The molecule has 1 atom stereocenters. The number of anilines is 2. The molecule has 4 aromatic carbocycles. The monoisotopic (exact) mass is 676 g/mol. The maximum absolute atomic E-state index is 14.1. The van der Waals surface area contributed by atoms with Crippen molar-refractivity contribution in [3.63, 3.8) is 0 Å². The first-order chi connectivity index (χ1) is 22.3. The van der Waals surface area contributed by atoms with Gasteiger partial charge >= 0.3 is 0 Å². The van der Waals surface area contributed by atoms with Crippen LogP contribution in [0.25, 0.3) is 0 Å². The highest BCUT2D eigenvalue weighted by Crippen LogP contribution is 2.35. The first-order valence-corrected chi connectivity index (χ1v) is 18.2. The van der Waals surface area contributed by atoms with Crippen molar-refractivity contribution in [1.29, 1.82) is 0 Å². The molecule has 4 aromatic rings. The molecule has 1 aliphatic rings. The van der Waals surface area contributed by atoms with Crippen molar-refractivity contribution >= 4 is 48.9 Å². The minimum atomic E-state index is -4.21. The quantitative estimate of drug-likeness (QED) is 0.187. The Morgan fingerprint density at radius 2 is 1.55 bits per heavy atom. The number of carbonyl (C=O) groups excluding carboxylic acids is 1. The maximum atomic E-state index is 14.1. The van der Waals surface area contributed by atoms with E-state index in [1.165, 1.54) is 18.2 Å². The van der Waals surface area contributed by atoms with E-state index in [1.807, 2.05) is 51.1 Å². The molecule has 5 rings (SSSR count). The van der Waals surface area contributed by atoms with E-state index < -0.39 is 32.1 Å². The smallest absolute Gasteiger partial charge is 0.273 e. The largest absolute Gasteiger partial charge is 0.493 e. The molecule has 0 spiro atoms. The van der Waals surface area contributed by atoms with Crippen molar-refractivity contribution in [2.75, 3.05) is 29.4 Å². The van der Waals surface area contributed by atoms with Crippen LogP contribution in [0.1, 0.15) is 23.1 Å². The highest BCUT2D eigenvalue weighted by molar-refractivity contribution is 7.92. The second kappa shape index (κ2) is 13.9. The Morgan fingerprint density at radius 1 is 0.872 bits per heavy atom. The lowest BCUT2D eigenvalue weighted by Gasteiger charge is -2.33. The van der Waals surface area contributed by atoms with Crippen LogP contribution in [-0.4, -0.2) is 58.4 Å². The van der Waals surface area contributed by atoms with Crippen molar-refractivity contribution in [2.24, 2.45) is 4.99 Å². The van der Waals surface area contributed by atoms with E-state index in [0.29, 0.717) is 11.4 Å². The molecule has 0 aliphatic carbocycles. The fraction of sp³-hybridized carbons (Fsp3) is 0.235. The molecular formula is C34H36N4O7S2. The van der Waals surface area contributed by atoms with Gasteiger partial charge in [0, 0.05) is 18.7 Å². The zero-order valence-corrected chi connectivity index (χ0v) is 28.1. The molecule has 47 heavy (non-hydrogen) atoms. The van der Waals surface area contributed by atoms with Gasteiger partial charge in [0.25, 0.3) is 15.9 Å². The van der Waals surface area contributed by atoms with E-state index in [-0.39, 0.29) is 47.4 Å². The number of amides is 1. The molecular weight excluding hydrogens is 641 g/mol. The molecule has 13 heteroatoms. The van der Waals surface area contributed by atoms with Crippen LogP contribution in [0.2, 0.25) is 0 Å². The van der Waals surface area contributed by atoms with E-state index >= 15 is 0 Å². The standard InChI is InChI=1S/C34H36N4O7S2/c1-23-18-19-29(25(3)22-23)44-21-11-20-38-33(35-28-15-8-10-17-31(28)47(38,42)43)32(34(39)36-26-13-6-5-12-24(26)2)45-30-16-9-7-14-27(30)37-46(4,40)41/h5-10,12-19,22,32,37H,11,20-21H2,1-4H3,(H,36,39). The predicted molar refractivity (Wildman–Crippen MR) is 183 cm³/mol. The molecule has 11 nitrogen and oxygen atoms in total. The SMILES string of the molecule is Cc1ccc(OCCCN2C(C(Oc3ccccc3NS(C)(=O)=O)C(=O)Nc3ccccc3C)=Nc3ccccc3S2(=O)=O)c(C)c1. The number of fused-ring (bicyclic) bond motifs is 1. The van der Waals surface area contributed by atoms with Crippen molar-refractivity contribution in [3.8, 4) is 11.5 Å². The number of hydrogen-bond donors (Lipinski definition) is 2. The molecule has 1 amide bonds. The normalized spacial score (nSPS) is 14.4. The lowest BCUT2D eigenvalue weighted by molar-refractivity contribution is -0.120. The van der Waals surface area contributed by atoms with Gasteiger partial charge in [0.15, 0.2) is 5.84 Å². The number of amidine groups is 1. The van der Waals surface area contributed by atoms with Crippen molar-refractivity contribution in [2.45, 2.75) is 38.2 Å². The fourth-order valence-corrected chi connectivity index (χ4v) is 7.27. The number of nitrogens with one attached hydrogen (secondary N) is 2. The van der Waals surface area contributed by atoms with Gasteiger partial charge in [-0.25, -0.2) is 26.1 Å². The van der Waals surface area contributed by atoms with Gasteiger partial charge in [-0.3, -0.25) is 9.52 Å². The van der Waals surface area contributed by atoms with Crippen LogP contribution in [0.4, 0.5) is 17.1 Å². The lowest BCUT2D eigenvalue weighted by atomic mass is 10.1. The Balaban J connectivity index is 1.54. The number of benzene rings is 4. The lowest BCUT2D eigenvalue weighted by Crippen LogP contribution is -2.52. The third-order valence-corrected chi connectivity index (χ3v) is 9.76. The summed E-state index contributed by atoms with van der Waals surface area (Å²) in [6.07, 6.45) is -0.380. The van der Waals surface area contributed by atoms with Crippen molar-refractivity contribution in [1.82, 2.24) is 4.31 Å². The maximum Gasteiger partial charge on any atom is 0.273 e. The Bertz CT molecular complexity index is 2050. The highest BCUT2D eigenvalue weighted by atomic mass is 32.2. The number of aryl methyl sites for hydroxylation is 3. The van der Waals surface area contributed by atoms with Crippen molar-refractivity contribution in [3.05, 3.63) is 108 Å². The number of nitrogens with zero attached hydrogens (tertiary/aromatic N) is 2. The first-order valence-electron chi connectivity index (χ1n) is 14.8. The van der Waals surface area contributed by atoms with E-state index in [0.717, 1.165) is 27.3 Å². The second-order valence-electron chi connectivity index (χ2n) is 11.2. The molecule has 0 saturated heterocycles. The van der Waals surface area contributed by atoms with Gasteiger partial charge in [-0.15, -0.1) is 0 Å². The molecule has 0 radical (unpaired) electrons. The average Bonchev–Trinajstić information content (AvgIpc) is 3.01. The van der Waals surface area contributed by atoms with Crippen LogP contribution in [0.3, 0.4) is 0 Å². The molecule has 1 unspecified atom stereocenters. The van der Waals surface area contributed by atoms with Gasteiger partial charge in [0.05, 0.1) is 24.2 Å². The topological polar surface area (TPSA) is 143 Å². The third-order valence-electron chi connectivity index (χ3n) is 7.32. The van der Waals surface area contributed by atoms with Crippen molar-refractivity contribution < 1.29 is 31.1 Å². The number of rotatable bonds is 12. The molecule has 0 aromatic heterocycles. The minimum Gasteiger partial charge on any atom is -0.493 e. The van der Waals surface area contributed by atoms with Gasteiger partial charge in [-0.05, 0) is 68.3 Å². The van der Waals surface area contributed by atoms with Gasteiger partial charge in [-0.1, -0.05) is 60.2 Å². The summed E-state index contributed by atoms with van der Waals surface area (Å²) in [4.78, 5) is 18.8. The Hall–Kier alpha value is -4.88. The van der Waals surface area contributed by atoms with Crippen LogP contribution in [0.5, 0.6) is 11.5 Å². The zero-order chi connectivity index (χ0) is 33.8. The molecule has 2 N–H and O–H groups in total. The van der Waals surface area contributed by atoms with Gasteiger partial charge in [0.2, 0.25) is 16.1 Å². The van der Waals surface area contributed by atoms with Crippen LogP contribution in [0, 0.1) is 20.8 Å². The number of ether oxygens (including phenoxy) is 2. The average molecular weight is 677 g/mol. The summed E-state index contributed by atoms with van der Waals surface area (Å²) in [7, 11) is -7.93. The molecule has 246 valence electrons. The Morgan fingerprint density at radius 3 is 2.28 bits per heavy atom. The van der Waals surface area contributed by atoms with Gasteiger partial charge < -0.3 is 14.8 Å². The Labute approximate surface area is 275 Å². The first kappa shape index (κ1) is 33.5. The summed E-state index contributed by atoms with van der Waals surface area (Å²) >= 11 is 0. The van der Waals surface area contributed by atoms with Gasteiger partial charge in [0.1, 0.15) is 16.4 Å². The van der Waals surface area contributed by atoms with Crippen LogP contribution in [0.15, 0.2) is 101 Å². The van der Waals surface area contributed by atoms with Gasteiger partial charge in [-0.2, -0.15) is 0 Å². The summed E-state index contributed by atoms with van der Waals surface area (Å²) in [5.41, 5.74) is 3.51. The van der Waals surface area contributed by atoms with E-state index in [2.05, 4.69) is 15.0 Å². The zero-order valence-electron chi connectivity index (χ0n) is 26.4. The summed E-state index contributed by atoms with van der Waals surface area (Å²) in [5, 5.41) is 2.84. The Kier molecular flexibility index (Phi) is 9.87. The molecule has 0 fully saturated rings. The summed E-state index contributed by atoms with van der Waals surface area (Å²) in [6.45, 7) is 5.84. The van der Waals surface area contributed by atoms with Crippen LogP contribution < -0.4 is 19.5 Å². The summed E-state index contributed by atoms with van der Waals surface area (Å²) in [5.74, 6) is -0.209. The number of hydrogen-bond acceptors (Lipinski definition) is 8. The molecule has 0 bridgehead atoms. The third kappa shape index (κ3) is 7.92. The van der Waals surface area contributed by atoms with E-state index in [1.54, 1.807) is 42.5 Å². The molecule has 0 saturated carbocycles. The number of carbonyl (C=O) groups is 1. The number of para-hydroxylation sites is 4. The predicted octanol–water partition coefficient (Wildman–Crippen LogP) is 5.57. The van der Waals surface area contributed by atoms with Crippen LogP contribution >= 0.6 is 0 Å². The fourth-order valence-electron chi connectivity index (χ4n) is 5.08. The molecule has 1 heterocycles. The molecule has 1 aliphatic heterocycles. The number of aliphatic imine (C=N–C) groups is 1. The number of sulfonamides is 2. The minimum absolute atomic E-state index is 0.0000511. The highest BCUT2D eigenvalue weighted by Gasteiger charge is 2.41. The second-order valence-corrected chi connectivity index (χ2v) is 14.7. The van der Waals surface area contributed by atoms with E-state index in [4.69, 9.17) is 9.47 Å². The summed E-state index contributed by atoms with van der Waals surface area (Å²) < 4.78 is 68.2.